The van der Waals surface area contributed by atoms with E-state index in [4.69, 9.17) is 10.4 Å². The average Bonchev–Trinajstić information content (AvgIpc) is 2.17. The summed E-state index contributed by atoms with van der Waals surface area (Å²) in [5.41, 5.74) is -0.424. The van der Waals surface area contributed by atoms with E-state index in [-0.39, 0.29) is 15.7 Å². The van der Waals surface area contributed by atoms with E-state index in [1.165, 1.54) is 6.07 Å². The van der Waals surface area contributed by atoms with Gasteiger partial charge in [0.2, 0.25) is 0 Å². The molecule has 0 aliphatic heterocycles. The summed E-state index contributed by atoms with van der Waals surface area (Å²) < 4.78 is 24.7. The van der Waals surface area contributed by atoms with Crippen LogP contribution in [0.4, 0.5) is 8.78 Å². The van der Waals surface area contributed by atoms with Crippen molar-refractivity contribution in [3.05, 3.63) is 27.5 Å². The van der Waals surface area contributed by atoms with E-state index in [1.807, 2.05) is 0 Å². The van der Waals surface area contributed by atoms with Gasteiger partial charge in [-0.2, -0.15) is 5.26 Å². The molecule has 1 aromatic heterocycles. The Morgan fingerprint density at radius 1 is 1.64 bits per heavy atom. The number of nitriles is 1. The van der Waals surface area contributed by atoms with E-state index < -0.39 is 18.7 Å². The first kappa shape index (κ1) is 11.0. The number of aromatic nitrogens is 1. The fraction of sp³-hybridized carbons (Fsp3) is 0.250. The monoisotopic (exact) mass is 262 g/mol. The van der Waals surface area contributed by atoms with Gasteiger partial charge in [0.25, 0.3) is 6.43 Å². The number of aliphatic hydroxyl groups is 1. The van der Waals surface area contributed by atoms with Crippen LogP contribution in [0.3, 0.4) is 0 Å². The number of nitrogens with zero attached hydrogens (tertiary/aromatic N) is 2. The third kappa shape index (κ3) is 2.05. The minimum Gasteiger partial charge on any atom is -0.390 e. The third-order valence-electron chi connectivity index (χ3n) is 1.53. The molecule has 0 atom stereocenters. The lowest BCUT2D eigenvalue weighted by Gasteiger charge is -2.06. The summed E-state index contributed by atoms with van der Waals surface area (Å²) >= 11 is 2.86. The predicted molar refractivity (Wildman–Crippen MR) is 47.5 cm³/mol. The molecule has 0 aliphatic rings. The van der Waals surface area contributed by atoms with Crippen LogP contribution < -0.4 is 0 Å². The molecule has 74 valence electrons. The molecule has 1 N–H and O–H groups in total. The normalized spacial score (nSPS) is 10.3. The molecule has 0 spiro atoms. The van der Waals surface area contributed by atoms with Crippen LogP contribution in [0.2, 0.25) is 0 Å². The van der Waals surface area contributed by atoms with Crippen molar-refractivity contribution in [2.75, 3.05) is 0 Å². The summed E-state index contributed by atoms with van der Waals surface area (Å²) in [6.45, 7) is -0.471. The Labute approximate surface area is 87.1 Å². The molecule has 1 heterocycles. The Hall–Kier alpha value is -1.06. The predicted octanol–water partition coefficient (Wildman–Crippen LogP) is 2.15. The number of aliphatic hydroxyl groups excluding tert-OH is 1. The maximum Gasteiger partial charge on any atom is 0.281 e. The van der Waals surface area contributed by atoms with Crippen LogP contribution in [0.1, 0.15) is 23.4 Å². The van der Waals surface area contributed by atoms with Gasteiger partial charge in [-0.3, -0.25) is 0 Å². The molecule has 0 saturated carbocycles. The van der Waals surface area contributed by atoms with Gasteiger partial charge in [-0.25, -0.2) is 13.8 Å². The molecule has 0 aromatic carbocycles. The summed E-state index contributed by atoms with van der Waals surface area (Å²) in [5, 5.41) is 17.3. The second kappa shape index (κ2) is 4.44. The zero-order valence-corrected chi connectivity index (χ0v) is 8.42. The smallest absolute Gasteiger partial charge is 0.281 e. The van der Waals surface area contributed by atoms with Gasteiger partial charge in [-0.1, -0.05) is 0 Å². The molecule has 14 heavy (non-hydrogen) atoms. The quantitative estimate of drug-likeness (QED) is 0.889. The number of pyridine rings is 1. The molecule has 0 aliphatic carbocycles. The van der Waals surface area contributed by atoms with Crippen LogP contribution in [0.5, 0.6) is 0 Å². The van der Waals surface area contributed by atoms with Crippen LogP contribution in [0.15, 0.2) is 10.5 Å². The van der Waals surface area contributed by atoms with E-state index in [0.29, 0.717) is 0 Å². The molecule has 1 rings (SSSR count). The van der Waals surface area contributed by atoms with E-state index in [9.17, 15) is 8.78 Å². The minimum absolute atomic E-state index is 0.0211. The average molecular weight is 263 g/mol. The topological polar surface area (TPSA) is 56.9 Å². The molecule has 0 amide bonds. The van der Waals surface area contributed by atoms with Crippen molar-refractivity contribution in [2.45, 2.75) is 13.0 Å². The van der Waals surface area contributed by atoms with E-state index in [1.54, 1.807) is 6.07 Å². The molecule has 0 saturated heterocycles. The van der Waals surface area contributed by atoms with Gasteiger partial charge in [0, 0.05) is 0 Å². The molecule has 0 bridgehead atoms. The standard InChI is InChI=1S/C8H5BrF2N2O/c9-6-4(2-12)1-5(3-14)13-7(6)8(10)11/h1,8,14H,3H2. The highest BCUT2D eigenvalue weighted by molar-refractivity contribution is 9.10. The summed E-state index contributed by atoms with van der Waals surface area (Å²) in [6.07, 6.45) is -2.78. The van der Waals surface area contributed by atoms with Crippen molar-refractivity contribution in [1.29, 1.82) is 5.26 Å². The maximum atomic E-state index is 12.4. The second-order valence-electron chi connectivity index (χ2n) is 2.43. The zero-order valence-electron chi connectivity index (χ0n) is 6.84. The van der Waals surface area contributed by atoms with Gasteiger partial charge in [0.05, 0.1) is 22.3 Å². The minimum atomic E-state index is -2.78. The highest BCUT2D eigenvalue weighted by atomic mass is 79.9. The summed E-state index contributed by atoms with van der Waals surface area (Å²) in [6, 6.07) is 2.99. The molecular weight excluding hydrogens is 258 g/mol. The number of hydrogen-bond acceptors (Lipinski definition) is 3. The highest BCUT2D eigenvalue weighted by Gasteiger charge is 2.17. The van der Waals surface area contributed by atoms with Crippen LogP contribution in [0, 0.1) is 11.3 Å². The largest absolute Gasteiger partial charge is 0.390 e. The van der Waals surface area contributed by atoms with E-state index in [0.717, 1.165) is 0 Å². The van der Waals surface area contributed by atoms with Crippen molar-refractivity contribution in [1.82, 2.24) is 4.98 Å². The molecule has 0 fully saturated rings. The summed E-state index contributed by atoms with van der Waals surface area (Å²) in [7, 11) is 0. The first-order valence-corrected chi connectivity index (χ1v) is 4.38. The number of rotatable bonds is 2. The van der Waals surface area contributed by atoms with Gasteiger partial charge in [-0.15, -0.1) is 0 Å². The lowest BCUT2D eigenvalue weighted by Crippen LogP contribution is -2.00. The Kier molecular flexibility index (Phi) is 3.49. The third-order valence-corrected chi connectivity index (χ3v) is 2.36. The Bertz CT molecular complexity index is 390. The van der Waals surface area contributed by atoms with Crippen molar-refractivity contribution in [3.8, 4) is 6.07 Å². The van der Waals surface area contributed by atoms with Crippen molar-refractivity contribution in [2.24, 2.45) is 0 Å². The highest BCUT2D eigenvalue weighted by Crippen LogP contribution is 2.28. The van der Waals surface area contributed by atoms with Crippen molar-refractivity contribution >= 4 is 15.9 Å². The summed E-state index contributed by atoms with van der Waals surface area (Å²) in [4.78, 5) is 3.50. The Morgan fingerprint density at radius 2 is 2.29 bits per heavy atom. The molecule has 6 heteroatoms. The molecule has 0 radical (unpaired) electrons. The summed E-state index contributed by atoms with van der Waals surface area (Å²) in [5.74, 6) is 0. The van der Waals surface area contributed by atoms with E-state index >= 15 is 0 Å². The first-order chi connectivity index (χ1) is 6.60. The molecular formula is C8H5BrF2N2O. The first-order valence-electron chi connectivity index (χ1n) is 3.58. The van der Waals surface area contributed by atoms with Crippen LogP contribution in [-0.2, 0) is 6.61 Å². The number of alkyl halides is 2. The lowest BCUT2D eigenvalue weighted by atomic mass is 10.2. The van der Waals surface area contributed by atoms with Gasteiger partial charge in [-0.05, 0) is 22.0 Å². The van der Waals surface area contributed by atoms with Gasteiger partial charge < -0.3 is 5.11 Å². The van der Waals surface area contributed by atoms with Crippen molar-refractivity contribution < 1.29 is 13.9 Å². The van der Waals surface area contributed by atoms with Crippen molar-refractivity contribution in [3.63, 3.8) is 0 Å². The van der Waals surface area contributed by atoms with Crippen LogP contribution in [0.25, 0.3) is 0 Å². The van der Waals surface area contributed by atoms with Gasteiger partial charge >= 0.3 is 0 Å². The molecule has 0 unspecified atom stereocenters. The zero-order chi connectivity index (χ0) is 10.7. The lowest BCUT2D eigenvalue weighted by molar-refractivity contribution is 0.144. The van der Waals surface area contributed by atoms with Crippen LogP contribution in [-0.4, -0.2) is 10.1 Å². The maximum absolute atomic E-state index is 12.4. The molecule has 1 aromatic rings. The Balaban J connectivity index is 3.36. The molecule has 3 nitrogen and oxygen atoms in total. The van der Waals surface area contributed by atoms with Gasteiger partial charge in [0.1, 0.15) is 11.8 Å². The number of hydrogen-bond donors (Lipinski definition) is 1. The number of halogens is 3. The fourth-order valence-corrected chi connectivity index (χ4v) is 1.38. The SMILES string of the molecule is N#Cc1cc(CO)nc(C(F)F)c1Br. The second-order valence-corrected chi connectivity index (χ2v) is 3.22. The van der Waals surface area contributed by atoms with Gasteiger partial charge in [0.15, 0.2) is 0 Å². The van der Waals surface area contributed by atoms with E-state index in [2.05, 4.69) is 20.9 Å². The Morgan fingerprint density at radius 3 is 2.71 bits per heavy atom. The van der Waals surface area contributed by atoms with Crippen LogP contribution >= 0.6 is 15.9 Å². The fourth-order valence-electron chi connectivity index (χ4n) is 0.911.